The van der Waals surface area contributed by atoms with E-state index in [1.54, 1.807) is 42.7 Å². The number of ether oxygens (including phenoxy) is 4. The number of nitrogens with zero attached hydrogens (tertiary/aromatic N) is 3. The van der Waals surface area contributed by atoms with Crippen molar-refractivity contribution in [1.82, 2.24) is 15.0 Å². The molecular weight excluding hydrogens is 478 g/mol. The number of rotatable bonds is 15. The average molecular weight is 508 g/mol. The molecule has 0 bridgehead atoms. The Morgan fingerprint density at radius 1 is 0.919 bits per heavy atom. The van der Waals surface area contributed by atoms with E-state index in [1.165, 1.54) is 6.20 Å². The molecule has 4 aromatic rings. The number of nitrogens with two attached hydrogens (primary N) is 1. The van der Waals surface area contributed by atoms with Gasteiger partial charge in [-0.1, -0.05) is 0 Å². The van der Waals surface area contributed by atoms with Gasteiger partial charge in [-0.15, -0.1) is 0 Å². The molecule has 0 saturated carbocycles. The van der Waals surface area contributed by atoms with Gasteiger partial charge in [-0.05, 0) is 42.5 Å². The van der Waals surface area contributed by atoms with Crippen molar-refractivity contribution in [3.8, 4) is 17.2 Å². The molecule has 0 unspecified atom stereocenters. The van der Waals surface area contributed by atoms with Crippen LogP contribution < -0.4 is 15.8 Å². The summed E-state index contributed by atoms with van der Waals surface area (Å²) in [5, 5.41) is 2.83. The molecule has 0 atom stereocenters. The fourth-order valence-electron chi connectivity index (χ4n) is 3.26. The lowest BCUT2D eigenvalue weighted by molar-refractivity contribution is 0.0105. The van der Waals surface area contributed by atoms with Crippen LogP contribution in [0.4, 0.5) is 5.69 Å². The summed E-state index contributed by atoms with van der Waals surface area (Å²) in [5.41, 5.74) is 8.18. The molecule has 0 aliphatic rings. The molecule has 4 rings (SSSR count). The van der Waals surface area contributed by atoms with Gasteiger partial charge in [0, 0.05) is 24.6 Å². The molecule has 1 aromatic carbocycles. The van der Waals surface area contributed by atoms with Gasteiger partial charge in [0.2, 0.25) is 5.89 Å². The van der Waals surface area contributed by atoms with E-state index in [1.807, 2.05) is 12.1 Å². The van der Waals surface area contributed by atoms with Gasteiger partial charge in [0.15, 0.2) is 5.58 Å². The minimum Gasteiger partial charge on any atom is -0.490 e. The van der Waals surface area contributed by atoms with E-state index >= 15 is 0 Å². The molecule has 3 N–H and O–H groups in total. The summed E-state index contributed by atoms with van der Waals surface area (Å²) in [4.78, 5) is 25.4. The lowest BCUT2D eigenvalue weighted by Crippen LogP contribution is -2.15. The van der Waals surface area contributed by atoms with Crippen LogP contribution in [0.3, 0.4) is 0 Å². The van der Waals surface area contributed by atoms with E-state index in [9.17, 15) is 4.79 Å². The molecule has 0 radical (unpaired) electrons. The third-order valence-electron chi connectivity index (χ3n) is 5.03. The Morgan fingerprint density at radius 2 is 1.70 bits per heavy atom. The molecule has 0 saturated heterocycles. The number of carbonyl (C=O) groups is 1. The van der Waals surface area contributed by atoms with Crippen LogP contribution in [-0.2, 0) is 14.2 Å². The molecule has 0 fully saturated rings. The second-order valence-corrected chi connectivity index (χ2v) is 7.75. The summed E-state index contributed by atoms with van der Waals surface area (Å²) in [6.45, 7) is 3.76. The molecule has 37 heavy (non-hydrogen) atoms. The Labute approximate surface area is 213 Å². The predicted octanol–water partition coefficient (Wildman–Crippen LogP) is 2.92. The SMILES string of the molecule is NCCOCCOCCOCCOc1ccc(C(=O)Nc2ccc3oc(-c4cccnc4)nc3c2)nc1. The number of benzene rings is 1. The molecule has 3 aromatic heterocycles. The van der Waals surface area contributed by atoms with Gasteiger partial charge in [0.25, 0.3) is 5.91 Å². The van der Waals surface area contributed by atoms with Gasteiger partial charge in [-0.25, -0.2) is 9.97 Å². The highest BCUT2D eigenvalue weighted by molar-refractivity contribution is 6.03. The highest BCUT2D eigenvalue weighted by atomic mass is 16.6. The van der Waals surface area contributed by atoms with Gasteiger partial charge in [0.1, 0.15) is 23.6 Å². The number of nitrogens with one attached hydrogen (secondary N) is 1. The van der Waals surface area contributed by atoms with E-state index < -0.39 is 0 Å². The van der Waals surface area contributed by atoms with Crippen LogP contribution in [0.1, 0.15) is 10.5 Å². The maximum Gasteiger partial charge on any atom is 0.274 e. The minimum absolute atomic E-state index is 0.257. The Balaban J connectivity index is 1.18. The first kappa shape index (κ1) is 26.2. The fraction of sp³-hybridized carbons (Fsp3) is 0.308. The maximum absolute atomic E-state index is 12.6. The molecule has 0 spiro atoms. The Hall–Kier alpha value is -3.90. The van der Waals surface area contributed by atoms with E-state index in [0.29, 0.717) is 81.2 Å². The molecule has 3 heterocycles. The van der Waals surface area contributed by atoms with Crippen molar-refractivity contribution >= 4 is 22.7 Å². The summed E-state index contributed by atoms with van der Waals surface area (Å²) in [5.74, 6) is 0.658. The van der Waals surface area contributed by atoms with E-state index in [-0.39, 0.29) is 11.6 Å². The highest BCUT2D eigenvalue weighted by Crippen LogP contribution is 2.26. The second kappa shape index (κ2) is 14.0. The highest BCUT2D eigenvalue weighted by Gasteiger charge is 2.12. The van der Waals surface area contributed by atoms with Crippen LogP contribution in [0, 0.1) is 0 Å². The van der Waals surface area contributed by atoms with Crippen molar-refractivity contribution in [2.75, 3.05) is 58.1 Å². The number of anilines is 1. The zero-order valence-corrected chi connectivity index (χ0v) is 20.3. The quantitative estimate of drug-likeness (QED) is 0.230. The lowest BCUT2D eigenvalue weighted by atomic mass is 10.2. The Bertz CT molecular complexity index is 1250. The van der Waals surface area contributed by atoms with Crippen LogP contribution >= 0.6 is 0 Å². The van der Waals surface area contributed by atoms with E-state index in [4.69, 9.17) is 29.1 Å². The molecule has 194 valence electrons. The maximum atomic E-state index is 12.6. The molecule has 0 aliphatic carbocycles. The largest absolute Gasteiger partial charge is 0.490 e. The zero-order valence-electron chi connectivity index (χ0n) is 20.3. The first-order chi connectivity index (χ1) is 18.2. The summed E-state index contributed by atoms with van der Waals surface area (Å²) >= 11 is 0. The van der Waals surface area contributed by atoms with Gasteiger partial charge in [-0.2, -0.15) is 0 Å². The molecule has 0 aliphatic heterocycles. The first-order valence-corrected chi connectivity index (χ1v) is 11.9. The lowest BCUT2D eigenvalue weighted by Gasteiger charge is -2.08. The van der Waals surface area contributed by atoms with Crippen molar-refractivity contribution in [1.29, 1.82) is 0 Å². The Morgan fingerprint density at radius 3 is 2.41 bits per heavy atom. The topological polar surface area (TPSA) is 144 Å². The molecule has 11 nitrogen and oxygen atoms in total. The summed E-state index contributed by atoms with van der Waals surface area (Å²) in [7, 11) is 0. The Kier molecular flexibility index (Phi) is 9.90. The zero-order chi connectivity index (χ0) is 25.7. The standard InChI is InChI=1S/C26H29N5O6/c27-7-9-33-10-11-34-12-13-35-14-15-36-21-4-5-22(29-18-21)25(32)30-20-3-6-24-23(16-20)31-26(37-24)19-2-1-8-28-17-19/h1-6,8,16-18H,7,9-15,27H2,(H,30,32). The normalized spacial score (nSPS) is 11.1. The van der Waals surface area contributed by atoms with Crippen LogP contribution in [-0.4, -0.2) is 73.7 Å². The molecular formula is C26H29N5O6. The third kappa shape index (κ3) is 8.05. The van der Waals surface area contributed by atoms with Crippen LogP contribution in [0.2, 0.25) is 0 Å². The van der Waals surface area contributed by atoms with Crippen molar-refractivity contribution < 1.29 is 28.2 Å². The molecule has 1 amide bonds. The molecule has 11 heteroatoms. The van der Waals surface area contributed by atoms with Crippen molar-refractivity contribution in [3.05, 3.63) is 66.7 Å². The second-order valence-electron chi connectivity index (χ2n) is 7.75. The number of oxazole rings is 1. The number of hydrogen-bond donors (Lipinski definition) is 2. The minimum atomic E-state index is -0.348. The average Bonchev–Trinajstić information content (AvgIpc) is 3.36. The van der Waals surface area contributed by atoms with Gasteiger partial charge in [-0.3, -0.25) is 9.78 Å². The smallest absolute Gasteiger partial charge is 0.274 e. The van der Waals surface area contributed by atoms with E-state index in [2.05, 4.69) is 20.3 Å². The first-order valence-electron chi connectivity index (χ1n) is 11.9. The number of aromatic nitrogens is 3. The monoisotopic (exact) mass is 507 g/mol. The summed E-state index contributed by atoms with van der Waals surface area (Å²) < 4.78 is 27.4. The van der Waals surface area contributed by atoms with Crippen molar-refractivity contribution in [2.45, 2.75) is 0 Å². The summed E-state index contributed by atoms with van der Waals surface area (Å²) in [6.07, 6.45) is 4.86. The van der Waals surface area contributed by atoms with Crippen LogP contribution in [0.5, 0.6) is 5.75 Å². The summed E-state index contributed by atoms with van der Waals surface area (Å²) in [6, 6.07) is 12.2. The van der Waals surface area contributed by atoms with E-state index in [0.717, 1.165) is 5.56 Å². The van der Waals surface area contributed by atoms with Gasteiger partial charge < -0.3 is 34.4 Å². The van der Waals surface area contributed by atoms with Gasteiger partial charge in [0.05, 0.1) is 51.4 Å². The number of fused-ring (bicyclic) bond motifs is 1. The number of amides is 1. The number of hydrogen-bond acceptors (Lipinski definition) is 10. The van der Waals surface area contributed by atoms with Crippen molar-refractivity contribution in [3.63, 3.8) is 0 Å². The van der Waals surface area contributed by atoms with Crippen LogP contribution in [0.15, 0.2) is 65.5 Å². The van der Waals surface area contributed by atoms with Crippen LogP contribution in [0.25, 0.3) is 22.6 Å². The number of carbonyl (C=O) groups excluding carboxylic acids is 1. The van der Waals surface area contributed by atoms with Gasteiger partial charge >= 0.3 is 0 Å². The van der Waals surface area contributed by atoms with Crippen molar-refractivity contribution in [2.24, 2.45) is 5.73 Å². The fourth-order valence-corrected chi connectivity index (χ4v) is 3.26. The predicted molar refractivity (Wildman–Crippen MR) is 136 cm³/mol. The third-order valence-corrected chi connectivity index (χ3v) is 5.03. The number of pyridine rings is 2.